The molecule has 21 heavy (non-hydrogen) atoms. The Morgan fingerprint density at radius 2 is 2.10 bits per heavy atom. The minimum Gasteiger partial charge on any atom is -0.348 e. The van der Waals surface area contributed by atoms with Gasteiger partial charge in [-0.2, -0.15) is 0 Å². The van der Waals surface area contributed by atoms with E-state index in [9.17, 15) is 9.18 Å². The maximum absolute atomic E-state index is 12.8. The van der Waals surface area contributed by atoms with Gasteiger partial charge in [-0.1, -0.05) is 12.1 Å². The first-order valence-electron chi connectivity index (χ1n) is 6.63. The normalized spacial score (nSPS) is 16.1. The molecule has 0 spiro atoms. The number of nitrogens with zero attached hydrogens (tertiary/aromatic N) is 2. The van der Waals surface area contributed by atoms with Crippen LogP contribution in [0.25, 0.3) is 0 Å². The maximum Gasteiger partial charge on any atom is 0.253 e. The Labute approximate surface area is 122 Å². The molecule has 1 N–H and O–H groups in total. The molecule has 0 saturated heterocycles. The van der Waals surface area contributed by atoms with Crippen molar-refractivity contribution in [2.75, 3.05) is 6.54 Å². The Morgan fingerprint density at radius 3 is 2.90 bits per heavy atom. The molecule has 2 heterocycles. The van der Waals surface area contributed by atoms with Crippen LogP contribution >= 0.6 is 0 Å². The highest BCUT2D eigenvalue weighted by molar-refractivity contribution is 5.96. The van der Waals surface area contributed by atoms with Gasteiger partial charge < -0.3 is 10.2 Å². The van der Waals surface area contributed by atoms with E-state index in [1.54, 1.807) is 36.8 Å². The van der Waals surface area contributed by atoms with Crippen LogP contribution in [-0.4, -0.2) is 23.6 Å². The first-order valence-corrected chi connectivity index (χ1v) is 6.63. The molecule has 3 rings (SSSR count). The number of benzene rings is 1. The molecule has 2 aliphatic rings. The Morgan fingerprint density at radius 1 is 1.29 bits per heavy atom. The number of halogens is 1. The van der Waals surface area contributed by atoms with Gasteiger partial charge in [0.2, 0.25) is 0 Å². The monoisotopic (exact) mass is 283 g/mol. The fraction of sp³-hybridized carbons (Fsp3) is 0.125. The molecule has 0 atom stereocenters. The first-order chi connectivity index (χ1) is 10.2. The van der Waals surface area contributed by atoms with Crippen LogP contribution in [0.2, 0.25) is 0 Å². The average molecular weight is 283 g/mol. The van der Waals surface area contributed by atoms with Crippen LogP contribution in [-0.2, 0) is 11.3 Å². The van der Waals surface area contributed by atoms with Crippen molar-refractivity contribution in [1.82, 2.24) is 10.2 Å². The lowest BCUT2D eigenvalue weighted by Crippen LogP contribution is -2.29. The van der Waals surface area contributed by atoms with Gasteiger partial charge in [-0.05, 0) is 29.8 Å². The molecule has 1 aromatic carbocycles. The summed E-state index contributed by atoms with van der Waals surface area (Å²) in [5, 5.41) is 2.82. The quantitative estimate of drug-likeness (QED) is 0.923. The van der Waals surface area contributed by atoms with E-state index in [1.807, 2.05) is 11.0 Å². The van der Waals surface area contributed by atoms with Crippen molar-refractivity contribution < 1.29 is 9.18 Å². The summed E-state index contributed by atoms with van der Waals surface area (Å²) in [5.41, 5.74) is 2.41. The second-order valence-electron chi connectivity index (χ2n) is 4.76. The summed E-state index contributed by atoms with van der Waals surface area (Å²) in [7, 11) is 0. The van der Waals surface area contributed by atoms with Gasteiger partial charge in [0.1, 0.15) is 5.82 Å². The molecular formula is C16H14FN3O. The number of carbonyl (C=O) groups is 1. The Hall–Kier alpha value is -2.69. The third kappa shape index (κ3) is 3.08. The molecule has 4 nitrogen and oxygen atoms in total. The van der Waals surface area contributed by atoms with Crippen LogP contribution in [0.3, 0.4) is 0 Å². The summed E-state index contributed by atoms with van der Waals surface area (Å²) in [6.07, 6.45) is 8.97. The highest BCUT2D eigenvalue weighted by atomic mass is 19.1. The van der Waals surface area contributed by atoms with Crippen LogP contribution in [0.1, 0.15) is 5.56 Å². The lowest BCUT2D eigenvalue weighted by Gasteiger charge is -2.25. The zero-order chi connectivity index (χ0) is 14.7. The van der Waals surface area contributed by atoms with Crippen molar-refractivity contribution in [3.05, 3.63) is 71.5 Å². The lowest BCUT2D eigenvalue weighted by atomic mass is 10.1. The second kappa shape index (κ2) is 5.75. The fourth-order valence-electron chi connectivity index (χ4n) is 2.12. The molecule has 0 unspecified atom stereocenters. The van der Waals surface area contributed by atoms with E-state index in [4.69, 9.17) is 0 Å². The Balaban J connectivity index is 1.62. The standard InChI is InChI=1S/C16H14FN3O/c17-14-4-1-12(2-5-14)9-19-16(21)13-3-6-15-10-18-7-8-20(15)11-13/h1-7,10-11H,8-9H2,(H,19,21). The lowest BCUT2D eigenvalue weighted by molar-refractivity contribution is -0.117. The third-order valence-electron chi connectivity index (χ3n) is 3.28. The molecule has 1 aromatic rings. The number of nitrogens with one attached hydrogen (secondary N) is 1. The minimum atomic E-state index is -0.283. The van der Waals surface area contributed by atoms with E-state index >= 15 is 0 Å². The summed E-state index contributed by atoms with van der Waals surface area (Å²) >= 11 is 0. The highest BCUT2D eigenvalue weighted by Crippen LogP contribution is 2.18. The summed E-state index contributed by atoms with van der Waals surface area (Å²) < 4.78 is 12.8. The smallest absolute Gasteiger partial charge is 0.253 e. The number of rotatable bonds is 3. The number of fused-ring (bicyclic) bond motifs is 1. The van der Waals surface area contributed by atoms with Gasteiger partial charge in [-0.3, -0.25) is 9.79 Å². The third-order valence-corrected chi connectivity index (χ3v) is 3.28. The number of carbonyl (C=O) groups excluding carboxylic acids is 1. The predicted octanol–water partition coefficient (Wildman–Crippen LogP) is 2.12. The molecule has 0 aromatic heterocycles. The average Bonchev–Trinajstić information content (AvgIpc) is 2.53. The largest absolute Gasteiger partial charge is 0.348 e. The molecule has 1 amide bonds. The van der Waals surface area contributed by atoms with Crippen molar-refractivity contribution in [3.63, 3.8) is 0 Å². The van der Waals surface area contributed by atoms with Crippen molar-refractivity contribution in [1.29, 1.82) is 0 Å². The van der Waals surface area contributed by atoms with Gasteiger partial charge in [0.25, 0.3) is 5.91 Å². The molecule has 0 radical (unpaired) electrons. The summed E-state index contributed by atoms with van der Waals surface area (Å²) in [5.74, 6) is -0.439. The van der Waals surface area contributed by atoms with Crippen LogP contribution in [0.15, 0.2) is 65.1 Å². The van der Waals surface area contributed by atoms with E-state index < -0.39 is 0 Å². The van der Waals surface area contributed by atoms with E-state index in [1.165, 1.54) is 12.1 Å². The Kier molecular flexibility index (Phi) is 3.64. The van der Waals surface area contributed by atoms with Crippen molar-refractivity contribution >= 4 is 12.1 Å². The van der Waals surface area contributed by atoms with E-state index in [0.717, 1.165) is 11.3 Å². The molecule has 5 heteroatoms. The minimum absolute atomic E-state index is 0.155. The molecule has 106 valence electrons. The highest BCUT2D eigenvalue weighted by Gasteiger charge is 2.16. The molecule has 0 bridgehead atoms. The van der Waals surface area contributed by atoms with Crippen molar-refractivity contribution in [3.8, 4) is 0 Å². The predicted molar refractivity (Wildman–Crippen MR) is 78.8 cm³/mol. The molecule has 2 aliphatic heterocycles. The van der Waals surface area contributed by atoms with Crippen LogP contribution in [0, 0.1) is 5.82 Å². The molecule has 0 aliphatic carbocycles. The summed E-state index contributed by atoms with van der Waals surface area (Å²) in [4.78, 5) is 18.2. The van der Waals surface area contributed by atoms with Gasteiger partial charge >= 0.3 is 0 Å². The topological polar surface area (TPSA) is 44.7 Å². The number of allylic oxidation sites excluding steroid dienone is 1. The van der Waals surface area contributed by atoms with E-state index in [2.05, 4.69) is 10.3 Å². The number of amides is 1. The number of hydrogen-bond donors (Lipinski definition) is 1. The van der Waals surface area contributed by atoms with Crippen molar-refractivity contribution in [2.45, 2.75) is 6.54 Å². The van der Waals surface area contributed by atoms with Gasteiger partial charge in [0, 0.05) is 19.0 Å². The van der Waals surface area contributed by atoms with E-state index in [0.29, 0.717) is 18.7 Å². The molecule has 0 saturated carbocycles. The van der Waals surface area contributed by atoms with Gasteiger partial charge in [-0.15, -0.1) is 0 Å². The van der Waals surface area contributed by atoms with E-state index in [-0.39, 0.29) is 11.7 Å². The molecular weight excluding hydrogens is 269 g/mol. The summed E-state index contributed by atoms with van der Waals surface area (Å²) in [6.45, 7) is 1.03. The second-order valence-corrected chi connectivity index (χ2v) is 4.76. The SMILES string of the molecule is O=C(NCc1ccc(F)cc1)C1=CN2CC=NC=C2C=C1. The van der Waals surface area contributed by atoms with Gasteiger partial charge in [0.05, 0.1) is 24.0 Å². The maximum atomic E-state index is 12.8. The first kappa shape index (κ1) is 13.3. The molecule has 0 fully saturated rings. The van der Waals surface area contributed by atoms with Gasteiger partial charge in [0.15, 0.2) is 0 Å². The zero-order valence-corrected chi connectivity index (χ0v) is 11.3. The number of aliphatic imine (C=N–C) groups is 1. The van der Waals surface area contributed by atoms with Crippen molar-refractivity contribution in [2.24, 2.45) is 4.99 Å². The number of hydrogen-bond acceptors (Lipinski definition) is 3. The fourth-order valence-corrected chi connectivity index (χ4v) is 2.12. The van der Waals surface area contributed by atoms with Crippen LogP contribution in [0.4, 0.5) is 4.39 Å². The van der Waals surface area contributed by atoms with Gasteiger partial charge in [-0.25, -0.2) is 4.39 Å². The Bertz CT molecular complexity index is 671. The van der Waals surface area contributed by atoms with Crippen LogP contribution in [0.5, 0.6) is 0 Å². The van der Waals surface area contributed by atoms with Crippen LogP contribution < -0.4 is 5.32 Å². The zero-order valence-electron chi connectivity index (χ0n) is 11.3. The summed E-state index contributed by atoms with van der Waals surface area (Å²) in [6, 6.07) is 6.07.